The van der Waals surface area contributed by atoms with Crippen LogP contribution < -0.4 is 5.43 Å². The summed E-state index contributed by atoms with van der Waals surface area (Å²) in [6, 6.07) is 18.3. The Morgan fingerprint density at radius 3 is 2.64 bits per heavy atom. The highest BCUT2D eigenvalue weighted by Crippen LogP contribution is 2.34. The molecule has 1 aromatic heterocycles. The molecule has 25 heavy (non-hydrogen) atoms. The molecule has 1 amide bonds. The van der Waals surface area contributed by atoms with Gasteiger partial charge in [-0.05, 0) is 29.8 Å². The summed E-state index contributed by atoms with van der Waals surface area (Å²) in [4.78, 5) is 11.8. The first kappa shape index (κ1) is 17.3. The summed E-state index contributed by atoms with van der Waals surface area (Å²) in [5, 5.41) is 4.79. The van der Waals surface area contributed by atoms with Crippen LogP contribution >= 0.6 is 23.2 Å². The zero-order chi connectivity index (χ0) is 17.6. The zero-order valence-corrected chi connectivity index (χ0v) is 14.6. The van der Waals surface area contributed by atoms with Gasteiger partial charge in [0, 0.05) is 5.56 Å². The fraction of sp³-hybridized carbons (Fsp3) is 0.0526. The number of hydrogen-bond donors (Lipinski definition) is 1. The zero-order valence-electron chi connectivity index (χ0n) is 13.1. The number of benzene rings is 2. The lowest BCUT2D eigenvalue weighted by Gasteiger charge is -2.02. The molecule has 126 valence electrons. The highest BCUT2D eigenvalue weighted by Gasteiger charge is 2.10. The van der Waals surface area contributed by atoms with E-state index in [1.165, 1.54) is 6.21 Å². The first-order chi connectivity index (χ1) is 12.1. The van der Waals surface area contributed by atoms with Gasteiger partial charge in [-0.3, -0.25) is 4.79 Å². The summed E-state index contributed by atoms with van der Waals surface area (Å²) in [5.74, 6) is 0.864. The normalized spacial score (nSPS) is 11.0. The number of rotatable bonds is 5. The monoisotopic (exact) mass is 372 g/mol. The third kappa shape index (κ3) is 4.50. The van der Waals surface area contributed by atoms with Gasteiger partial charge >= 0.3 is 0 Å². The SMILES string of the molecule is O=C(Cc1ccccc1)NN=Cc1ccc(-c2cccc(Cl)c2Cl)o1. The Bertz CT molecular complexity index is 905. The van der Waals surface area contributed by atoms with Crippen molar-refractivity contribution in [2.75, 3.05) is 0 Å². The minimum absolute atomic E-state index is 0.202. The van der Waals surface area contributed by atoms with Gasteiger partial charge in [-0.15, -0.1) is 0 Å². The molecule has 0 unspecified atom stereocenters. The Balaban J connectivity index is 1.62. The number of carbonyl (C=O) groups is 1. The molecule has 0 spiro atoms. The first-order valence-electron chi connectivity index (χ1n) is 7.53. The molecule has 0 bridgehead atoms. The maximum atomic E-state index is 11.8. The number of nitrogens with zero attached hydrogens (tertiary/aromatic N) is 1. The first-order valence-corrected chi connectivity index (χ1v) is 8.29. The van der Waals surface area contributed by atoms with E-state index in [0.29, 0.717) is 27.1 Å². The van der Waals surface area contributed by atoms with E-state index in [-0.39, 0.29) is 12.3 Å². The van der Waals surface area contributed by atoms with Gasteiger partial charge in [0.25, 0.3) is 0 Å². The van der Waals surface area contributed by atoms with Crippen molar-refractivity contribution in [3.63, 3.8) is 0 Å². The lowest BCUT2D eigenvalue weighted by atomic mass is 10.1. The molecule has 6 heteroatoms. The maximum absolute atomic E-state index is 11.8. The van der Waals surface area contributed by atoms with Crippen LogP contribution in [-0.2, 0) is 11.2 Å². The van der Waals surface area contributed by atoms with E-state index in [9.17, 15) is 4.79 Å². The number of hydrogen-bond acceptors (Lipinski definition) is 3. The number of carbonyl (C=O) groups excluding carboxylic acids is 1. The molecule has 0 aliphatic heterocycles. The summed E-state index contributed by atoms with van der Waals surface area (Å²) >= 11 is 12.2. The van der Waals surface area contributed by atoms with Crippen molar-refractivity contribution in [2.45, 2.75) is 6.42 Å². The van der Waals surface area contributed by atoms with Crippen LogP contribution in [0.15, 0.2) is 70.2 Å². The molecule has 0 saturated carbocycles. The lowest BCUT2D eigenvalue weighted by molar-refractivity contribution is -0.120. The molecule has 1 N–H and O–H groups in total. The molecule has 1 heterocycles. The Labute approximate surface area is 155 Å². The molecular formula is C19H14Cl2N2O2. The van der Waals surface area contributed by atoms with Crippen molar-refractivity contribution in [3.8, 4) is 11.3 Å². The van der Waals surface area contributed by atoms with Crippen molar-refractivity contribution in [1.82, 2.24) is 5.43 Å². The van der Waals surface area contributed by atoms with Gasteiger partial charge in [0.1, 0.15) is 11.5 Å². The van der Waals surface area contributed by atoms with Gasteiger partial charge < -0.3 is 4.42 Å². The van der Waals surface area contributed by atoms with Gasteiger partial charge in [-0.2, -0.15) is 5.10 Å². The van der Waals surface area contributed by atoms with Gasteiger partial charge in [0.15, 0.2) is 0 Å². The number of nitrogens with one attached hydrogen (secondary N) is 1. The van der Waals surface area contributed by atoms with Gasteiger partial charge in [-0.1, -0.05) is 59.6 Å². The van der Waals surface area contributed by atoms with E-state index in [4.69, 9.17) is 27.6 Å². The minimum atomic E-state index is -0.202. The molecule has 0 atom stereocenters. The molecule has 2 aromatic carbocycles. The second-order valence-corrected chi connectivity index (χ2v) is 6.04. The van der Waals surface area contributed by atoms with E-state index in [0.717, 1.165) is 5.56 Å². The van der Waals surface area contributed by atoms with Crippen molar-refractivity contribution in [3.05, 3.63) is 82.0 Å². The molecule has 3 aromatic rings. The summed E-state index contributed by atoms with van der Waals surface area (Å²) in [7, 11) is 0. The molecule has 4 nitrogen and oxygen atoms in total. The molecule has 0 aliphatic carbocycles. The summed E-state index contributed by atoms with van der Waals surface area (Å²) in [5.41, 5.74) is 4.09. The summed E-state index contributed by atoms with van der Waals surface area (Å²) in [6.45, 7) is 0. The van der Waals surface area contributed by atoms with Gasteiger partial charge in [-0.25, -0.2) is 5.43 Å². The van der Waals surface area contributed by atoms with E-state index in [2.05, 4.69) is 10.5 Å². The van der Waals surface area contributed by atoms with Crippen LogP contribution in [0.2, 0.25) is 10.0 Å². The standard InChI is InChI=1S/C19H14Cl2N2O2/c20-16-8-4-7-15(19(16)21)17-10-9-14(25-17)12-22-23-18(24)11-13-5-2-1-3-6-13/h1-10,12H,11H2,(H,23,24). The van der Waals surface area contributed by atoms with Crippen molar-refractivity contribution >= 4 is 35.3 Å². The summed E-state index contributed by atoms with van der Waals surface area (Å²) in [6.07, 6.45) is 1.70. The van der Waals surface area contributed by atoms with Crippen LogP contribution in [0.3, 0.4) is 0 Å². The van der Waals surface area contributed by atoms with Crippen molar-refractivity contribution < 1.29 is 9.21 Å². The lowest BCUT2D eigenvalue weighted by Crippen LogP contribution is -2.19. The Hall–Kier alpha value is -2.56. The fourth-order valence-electron chi connectivity index (χ4n) is 2.25. The quantitative estimate of drug-likeness (QED) is 0.508. The van der Waals surface area contributed by atoms with Gasteiger partial charge in [0.2, 0.25) is 5.91 Å². The highest BCUT2D eigenvalue weighted by molar-refractivity contribution is 6.43. The number of furan rings is 1. The van der Waals surface area contributed by atoms with Crippen LogP contribution in [0, 0.1) is 0 Å². The molecule has 0 saturated heterocycles. The average Bonchev–Trinajstić information content (AvgIpc) is 3.07. The molecule has 0 radical (unpaired) electrons. The Morgan fingerprint density at radius 2 is 1.84 bits per heavy atom. The fourth-order valence-corrected chi connectivity index (χ4v) is 2.64. The number of amides is 1. The van der Waals surface area contributed by atoms with Gasteiger partial charge in [0.05, 0.1) is 22.7 Å². The number of halogens is 2. The van der Waals surface area contributed by atoms with E-state index in [1.807, 2.05) is 36.4 Å². The number of hydrazone groups is 1. The highest BCUT2D eigenvalue weighted by atomic mass is 35.5. The smallest absolute Gasteiger partial charge is 0.244 e. The molecular weight excluding hydrogens is 359 g/mol. The second kappa shape index (κ2) is 8.01. The predicted molar refractivity (Wildman–Crippen MR) is 100 cm³/mol. The van der Waals surface area contributed by atoms with Crippen LogP contribution in [0.5, 0.6) is 0 Å². The molecule has 0 aliphatic rings. The molecule has 3 rings (SSSR count). The third-order valence-electron chi connectivity index (χ3n) is 3.43. The van der Waals surface area contributed by atoms with Crippen molar-refractivity contribution in [2.24, 2.45) is 5.10 Å². The Morgan fingerprint density at radius 1 is 1.04 bits per heavy atom. The van der Waals surface area contributed by atoms with E-state index >= 15 is 0 Å². The van der Waals surface area contributed by atoms with E-state index in [1.54, 1.807) is 24.3 Å². The predicted octanol–water partition coefficient (Wildman–Crippen LogP) is 4.95. The van der Waals surface area contributed by atoms with E-state index < -0.39 is 0 Å². The van der Waals surface area contributed by atoms with Crippen LogP contribution in [-0.4, -0.2) is 12.1 Å². The van der Waals surface area contributed by atoms with Crippen LogP contribution in [0.1, 0.15) is 11.3 Å². The average molecular weight is 373 g/mol. The Kier molecular flexibility index (Phi) is 5.53. The minimum Gasteiger partial charge on any atom is -0.455 e. The topological polar surface area (TPSA) is 54.6 Å². The largest absolute Gasteiger partial charge is 0.455 e. The molecule has 0 fully saturated rings. The maximum Gasteiger partial charge on any atom is 0.244 e. The van der Waals surface area contributed by atoms with Crippen molar-refractivity contribution in [1.29, 1.82) is 0 Å². The second-order valence-electron chi connectivity index (χ2n) is 5.26. The van der Waals surface area contributed by atoms with Crippen LogP contribution in [0.4, 0.5) is 0 Å². The summed E-state index contributed by atoms with van der Waals surface area (Å²) < 4.78 is 5.66. The van der Waals surface area contributed by atoms with Crippen LogP contribution in [0.25, 0.3) is 11.3 Å². The third-order valence-corrected chi connectivity index (χ3v) is 4.25.